The molecule has 0 amide bonds. The molecular weight excluding hydrogens is 226 g/mol. The average molecular weight is 245 g/mol. The van der Waals surface area contributed by atoms with Gasteiger partial charge in [-0.15, -0.1) is 0 Å². The first-order chi connectivity index (χ1) is 8.58. The number of benzene rings is 1. The Kier molecular flexibility index (Phi) is 3.39. The summed E-state index contributed by atoms with van der Waals surface area (Å²) in [6.45, 7) is 4.53. The molecule has 1 heterocycles. The van der Waals surface area contributed by atoms with Crippen molar-refractivity contribution in [2.75, 3.05) is 7.11 Å². The predicted molar refractivity (Wildman–Crippen MR) is 72.6 cm³/mol. The topological polar surface area (TPSA) is 53.1 Å². The Morgan fingerprint density at radius 2 is 2.06 bits per heavy atom. The molecule has 18 heavy (non-hydrogen) atoms. The third-order valence-electron chi connectivity index (χ3n) is 3.33. The summed E-state index contributed by atoms with van der Waals surface area (Å²) in [5.74, 6) is 1.84. The lowest BCUT2D eigenvalue weighted by molar-refractivity contribution is 0.412. The van der Waals surface area contributed by atoms with E-state index in [1.807, 2.05) is 33.0 Å². The predicted octanol–water partition coefficient (Wildman–Crippen LogP) is 2.17. The van der Waals surface area contributed by atoms with Gasteiger partial charge in [-0.05, 0) is 37.6 Å². The minimum Gasteiger partial charge on any atom is -0.496 e. The van der Waals surface area contributed by atoms with Gasteiger partial charge in [0.1, 0.15) is 11.6 Å². The molecule has 0 spiro atoms. The highest BCUT2D eigenvalue weighted by molar-refractivity contribution is 5.60. The van der Waals surface area contributed by atoms with Crippen LogP contribution in [0.4, 0.5) is 0 Å². The van der Waals surface area contributed by atoms with Crippen LogP contribution in [0.1, 0.15) is 17.0 Å². The lowest BCUT2D eigenvalue weighted by atomic mass is 10.1. The van der Waals surface area contributed by atoms with Crippen LogP contribution in [0.3, 0.4) is 0 Å². The van der Waals surface area contributed by atoms with E-state index < -0.39 is 0 Å². The lowest BCUT2D eigenvalue weighted by Crippen LogP contribution is -1.99. The highest BCUT2D eigenvalue weighted by Gasteiger charge is 2.12. The smallest absolute Gasteiger partial charge is 0.140 e. The van der Waals surface area contributed by atoms with Crippen molar-refractivity contribution in [1.29, 1.82) is 0 Å². The molecule has 2 rings (SSSR count). The first kappa shape index (κ1) is 12.6. The number of nitrogens with zero attached hydrogens (tertiary/aromatic N) is 2. The van der Waals surface area contributed by atoms with Crippen LogP contribution in [0.15, 0.2) is 18.2 Å². The fourth-order valence-corrected chi connectivity index (χ4v) is 2.11. The highest BCUT2D eigenvalue weighted by Crippen LogP contribution is 2.26. The molecular formula is C14H19N3O. The van der Waals surface area contributed by atoms with E-state index in [4.69, 9.17) is 10.5 Å². The van der Waals surface area contributed by atoms with E-state index in [-0.39, 0.29) is 0 Å². The van der Waals surface area contributed by atoms with Gasteiger partial charge in [0.15, 0.2) is 0 Å². The molecule has 0 aliphatic carbocycles. The van der Waals surface area contributed by atoms with Crippen molar-refractivity contribution < 1.29 is 4.74 Å². The minimum absolute atomic E-state index is 0.467. The zero-order chi connectivity index (χ0) is 13.3. The molecule has 2 N–H and O–H groups in total. The Balaban J connectivity index is 2.52. The van der Waals surface area contributed by atoms with E-state index >= 15 is 0 Å². The molecule has 0 saturated heterocycles. The lowest BCUT2D eigenvalue weighted by Gasteiger charge is -2.07. The number of hydrogen-bond donors (Lipinski definition) is 1. The number of aromatic nitrogens is 2. The van der Waals surface area contributed by atoms with Crippen LogP contribution in [0.2, 0.25) is 0 Å². The molecule has 1 aromatic carbocycles. The number of nitrogens with two attached hydrogens (primary N) is 1. The van der Waals surface area contributed by atoms with Gasteiger partial charge in [0.25, 0.3) is 0 Å². The van der Waals surface area contributed by atoms with Crippen molar-refractivity contribution in [3.8, 4) is 17.1 Å². The molecule has 0 bridgehead atoms. The van der Waals surface area contributed by atoms with Crippen molar-refractivity contribution in [3.63, 3.8) is 0 Å². The Morgan fingerprint density at radius 1 is 1.33 bits per heavy atom. The molecule has 0 aliphatic rings. The van der Waals surface area contributed by atoms with Gasteiger partial charge in [0, 0.05) is 24.8 Å². The van der Waals surface area contributed by atoms with E-state index in [1.54, 1.807) is 7.11 Å². The van der Waals surface area contributed by atoms with E-state index in [9.17, 15) is 0 Å². The van der Waals surface area contributed by atoms with Gasteiger partial charge in [-0.1, -0.05) is 0 Å². The van der Waals surface area contributed by atoms with Gasteiger partial charge >= 0.3 is 0 Å². The van der Waals surface area contributed by atoms with Crippen molar-refractivity contribution in [3.05, 3.63) is 35.2 Å². The van der Waals surface area contributed by atoms with Crippen LogP contribution in [0.25, 0.3) is 11.4 Å². The Hall–Kier alpha value is -1.81. The van der Waals surface area contributed by atoms with E-state index in [0.29, 0.717) is 6.54 Å². The first-order valence-corrected chi connectivity index (χ1v) is 5.95. The van der Waals surface area contributed by atoms with Crippen molar-refractivity contribution in [2.24, 2.45) is 12.8 Å². The van der Waals surface area contributed by atoms with Crippen molar-refractivity contribution >= 4 is 0 Å². The maximum atomic E-state index is 5.69. The normalized spacial score (nSPS) is 10.7. The van der Waals surface area contributed by atoms with Crippen LogP contribution in [-0.2, 0) is 13.6 Å². The minimum atomic E-state index is 0.467. The fourth-order valence-electron chi connectivity index (χ4n) is 2.11. The third-order valence-corrected chi connectivity index (χ3v) is 3.33. The SMILES string of the molecule is COc1ccc(-c2nc(CN)c(C)n2C)cc1C. The highest BCUT2D eigenvalue weighted by atomic mass is 16.5. The van der Waals surface area contributed by atoms with Gasteiger partial charge in [-0.25, -0.2) is 4.98 Å². The maximum absolute atomic E-state index is 5.69. The first-order valence-electron chi connectivity index (χ1n) is 5.95. The van der Waals surface area contributed by atoms with Gasteiger partial charge in [0.2, 0.25) is 0 Å². The molecule has 0 saturated carbocycles. The van der Waals surface area contributed by atoms with Crippen molar-refractivity contribution in [1.82, 2.24) is 9.55 Å². The number of methoxy groups -OCH3 is 1. The number of imidazole rings is 1. The zero-order valence-corrected chi connectivity index (χ0v) is 11.3. The summed E-state index contributed by atoms with van der Waals surface area (Å²) >= 11 is 0. The van der Waals surface area contributed by atoms with Gasteiger partial charge in [-0.2, -0.15) is 0 Å². The molecule has 0 atom stereocenters. The van der Waals surface area contributed by atoms with Gasteiger partial charge < -0.3 is 15.0 Å². The maximum Gasteiger partial charge on any atom is 0.140 e. The second-order valence-corrected chi connectivity index (χ2v) is 4.42. The monoisotopic (exact) mass is 245 g/mol. The molecule has 1 aromatic heterocycles. The Bertz CT molecular complexity index is 573. The summed E-state index contributed by atoms with van der Waals surface area (Å²) in [6, 6.07) is 6.08. The third kappa shape index (κ3) is 1.99. The van der Waals surface area contributed by atoms with E-state index in [1.165, 1.54) is 0 Å². The number of hydrogen-bond acceptors (Lipinski definition) is 3. The molecule has 4 nitrogen and oxygen atoms in total. The zero-order valence-electron chi connectivity index (χ0n) is 11.3. The van der Waals surface area contributed by atoms with Gasteiger partial charge in [0.05, 0.1) is 12.8 Å². The molecule has 2 aromatic rings. The van der Waals surface area contributed by atoms with E-state index in [2.05, 4.69) is 15.6 Å². The molecule has 4 heteroatoms. The quantitative estimate of drug-likeness (QED) is 0.901. The number of aryl methyl sites for hydroxylation is 1. The summed E-state index contributed by atoms with van der Waals surface area (Å²) in [5.41, 5.74) is 9.93. The summed E-state index contributed by atoms with van der Waals surface area (Å²) < 4.78 is 7.34. The molecule has 0 unspecified atom stereocenters. The van der Waals surface area contributed by atoms with Crippen LogP contribution in [-0.4, -0.2) is 16.7 Å². The summed E-state index contributed by atoms with van der Waals surface area (Å²) in [6.07, 6.45) is 0. The standard InChI is InChI=1S/C14H19N3O/c1-9-7-11(5-6-13(9)18-4)14-16-12(8-15)10(2)17(14)3/h5-7H,8,15H2,1-4H3. The largest absolute Gasteiger partial charge is 0.496 e. The van der Waals surface area contributed by atoms with Crippen LogP contribution in [0, 0.1) is 13.8 Å². The molecule has 0 aliphatic heterocycles. The fraction of sp³-hybridized carbons (Fsp3) is 0.357. The molecule has 0 radical (unpaired) electrons. The van der Waals surface area contributed by atoms with Gasteiger partial charge in [-0.3, -0.25) is 0 Å². The average Bonchev–Trinajstić information content (AvgIpc) is 2.66. The summed E-state index contributed by atoms with van der Waals surface area (Å²) in [5, 5.41) is 0. The van der Waals surface area contributed by atoms with Crippen LogP contribution in [0.5, 0.6) is 5.75 Å². The second kappa shape index (κ2) is 4.82. The van der Waals surface area contributed by atoms with Crippen LogP contribution >= 0.6 is 0 Å². The number of rotatable bonds is 3. The summed E-state index contributed by atoms with van der Waals surface area (Å²) in [7, 11) is 3.69. The van der Waals surface area contributed by atoms with Crippen molar-refractivity contribution in [2.45, 2.75) is 20.4 Å². The second-order valence-electron chi connectivity index (χ2n) is 4.42. The summed E-state index contributed by atoms with van der Waals surface area (Å²) in [4.78, 5) is 4.59. The van der Waals surface area contributed by atoms with E-state index in [0.717, 1.165) is 34.1 Å². The number of ether oxygens (including phenoxy) is 1. The molecule has 96 valence electrons. The van der Waals surface area contributed by atoms with Crippen LogP contribution < -0.4 is 10.5 Å². The molecule has 0 fully saturated rings. The Labute approximate surface area is 107 Å². The Morgan fingerprint density at radius 3 is 2.56 bits per heavy atom.